The fraction of sp³-hybridized carbons (Fsp3) is 0.217. The lowest BCUT2D eigenvalue weighted by Crippen LogP contribution is -2.15. The van der Waals surface area contributed by atoms with Crippen LogP contribution in [0.15, 0.2) is 60.9 Å². The molecular formula is C23H25N3O2. The number of anilines is 3. The molecule has 0 radical (unpaired) electrons. The van der Waals surface area contributed by atoms with Crippen LogP contribution in [0, 0.1) is 6.92 Å². The third kappa shape index (κ3) is 4.49. The molecule has 0 aliphatic rings. The van der Waals surface area contributed by atoms with Gasteiger partial charge in [0.05, 0.1) is 24.6 Å². The zero-order chi connectivity index (χ0) is 20.1. The average Bonchev–Trinajstić information content (AvgIpc) is 2.70. The Bertz CT molecular complexity index is 966. The molecule has 0 aliphatic heterocycles. The molecule has 3 rings (SSSR count). The number of aryl methyl sites for hydroxylation is 1. The number of amides is 1. The predicted molar refractivity (Wildman–Crippen MR) is 114 cm³/mol. The first-order valence-electron chi connectivity index (χ1n) is 9.25. The van der Waals surface area contributed by atoms with Crippen molar-refractivity contribution >= 4 is 23.0 Å². The number of methoxy groups -OCH3 is 1. The maximum absolute atomic E-state index is 12.8. The van der Waals surface area contributed by atoms with E-state index in [0.717, 1.165) is 33.9 Å². The summed E-state index contributed by atoms with van der Waals surface area (Å²) in [5.74, 6) is 0.925. The van der Waals surface area contributed by atoms with Gasteiger partial charge in [-0.25, -0.2) is 0 Å². The predicted octanol–water partition coefficient (Wildman–Crippen LogP) is 5.52. The van der Waals surface area contributed by atoms with Crippen LogP contribution in [0.5, 0.6) is 5.75 Å². The summed E-state index contributed by atoms with van der Waals surface area (Å²) in [4.78, 5) is 17.0. The Morgan fingerprint density at radius 2 is 1.79 bits per heavy atom. The van der Waals surface area contributed by atoms with E-state index in [1.807, 2.05) is 49.4 Å². The van der Waals surface area contributed by atoms with Gasteiger partial charge < -0.3 is 15.4 Å². The number of pyridine rings is 1. The van der Waals surface area contributed by atoms with Crippen LogP contribution in [-0.2, 0) is 0 Å². The largest absolute Gasteiger partial charge is 0.497 e. The van der Waals surface area contributed by atoms with E-state index in [2.05, 4.69) is 29.5 Å². The molecule has 1 aromatic heterocycles. The van der Waals surface area contributed by atoms with Crippen LogP contribution < -0.4 is 15.4 Å². The topological polar surface area (TPSA) is 63.2 Å². The average molecular weight is 375 g/mol. The Morgan fingerprint density at radius 1 is 1.04 bits per heavy atom. The summed E-state index contributed by atoms with van der Waals surface area (Å²) in [6.45, 7) is 6.23. The van der Waals surface area contributed by atoms with Gasteiger partial charge in [-0.1, -0.05) is 32.0 Å². The Hall–Kier alpha value is -3.34. The van der Waals surface area contributed by atoms with Gasteiger partial charge in [-0.3, -0.25) is 9.78 Å². The summed E-state index contributed by atoms with van der Waals surface area (Å²) >= 11 is 0. The molecule has 0 aliphatic carbocycles. The number of ether oxygens (including phenoxy) is 1. The fourth-order valence-corrected chi connectivity index (χ4v) is 3.00. The molecule has 5 nitrogen and oxygen atoms in total. The lowest BCUT2D eigenvalue weighted by molar-refractivity contribution is 0.102. The molecule has 0 spiro atoms. The van der Waals surface area contributed by atoms with Crippen molar-refractivity contribution in [1.29, 1.82) is 0 Å². The van der Waals surface area contributed by atoms with Gasteiger partial charge in [-0.15, -0.1) is 0 Å². The smallest absolute Gasteiger partial charge is 0.257 e. The first-order valence-corrected chi connectivity index (χ1v) is 9.25. The highest BCUT2D eigenvalue weighted by Crippen LogP contribution is 2.28. The van der Waals surface area contributed by atoms with E-state index in [0.29, 0.717) is 11.5 Å². The van der Waals surface area contributed by atoms with E-state index in [4.69, 9.17) is 4.74 Å². The minimum atomic E-state index is -0.179. The Labute approximate surface area is 165 Å². The molecule has 1 amide bonds. The summed E-state index contributed by atoms with van der Waals surface area (Å²) in [5.41, 5.74) is 5.16. The first-order chi connectivity index (χ1) is 13.5. The highest BCUT2D eigenvalue weighted by molar-refractivity contribution is 6.05. The van der Waals surface area contributed by atoms with Crippen molar-refractivity contribution in [3.05, 3.63) is 77.6 Å². The normalized spacial score (nSPS) is 10.6. The van der Waals surface area contributed by atoms with Crippen molar-refractivity contribution in [3.63, 3.8) is 0 Å². The molecule has 2 N–H and O–H groups in total. The molecular weight excluding hydrogens is 350 g/mol. The lowest BCUT2D eigenvalue weighted by atomic mass is 9.98. The van der Waals surface area contributed by atoms with E-state index in [-0.39, 0.29) is 5.91 Å². The molecule has 0 unspecified atom stereocenters. The van der Waals surface area contributed by atoms with E-state index in [1.54, 1.807) is 25.6 Å². The van der Waals surface area contributed by atoms with Gasteiger partial charge in [0.2, 0.25) is 0 Å². The summed E-state index contributed by atoms with van der Waals surface area (Å²) in [7, 11) is 1.63. The molecule has 3 aromatic rings. The molecule has 5 heteroatoms. The highest BCUT2D eigenvalue weighted by atomic mass is 16.5. The van der Waals surface area contributed by atoms with Gasteiger partial charge in [0.25, 0.3) is 5.91 Å². The molecule has 2 aromatic carbocycles. The van der Waals surface area contributed by atoms with E-state index in [9.17, 15) is 4.79 Å². The molecule has 0 atom stereocenters. The van der Waals surface area contributed by atoms with Crippen molar-refractivity contribution in [2.45, 2.75) is 26.7 Å². The maximum Gasteiger partial charge on any atom is 0.257 e. The zero-order valence-electron chi connectivity index (χ0n) is 16.6. The van der Waals surface area contributed by atoms with Gasteiger partial charge in [0.15, 0.2) is 0 Å². The number of hydrogen-bond acceptors (Lipinski definition) is 4. The number of rotatable bonds is 6. The quantitative estimate of drug-likeness (QED) is 0.596. The number of carbonyl (C=O) groups excluding carboxylic acids is 1. The number of benzene rings is 2. The second-order valence-corrected chi connectivity index (χ2v) is 6.96. The zero-order valence-corrected chi connectivity index (χ0v) is 16.6. The van der Waals surface area contributed by atoms with E-state index < -0.39 is 0 Å². The highest BCUT2D eigenvalue weighted by Gasteiger charge is 2.14. The van der Waals surface area contributed by atoms with Crippen molar-refractivity contribution in [2.75, 3.05) is 17.7 Å². The SMILES string of the molecule is COc1ccc(Nc2cncc(C(=O)Nc3c(C)cccc3C(C)C)c2)cc1. The van der Waals surface area contributed by atoms with Crippen molar-refractivity contribution in [3.8, 4) is 5.75 Å². The Balaban J connectivity index is 1.79. The molecule has 28 heavy (non-hydrogen) atoms. The standard InChI is InChI=1S/C23H25N3O2/c1-15(2)21-7-5-6-16(3)22(21)26-23(27)17-12-19(14-24-13-17)25-18-8-10-20(28-4)11-9-18/h5-15,25H,1-4H3,(H,26,27). The summed E-state index contributed by atoms with van der Waals surface area (Å²) in [6, 6.07) is 15.4. The second-order valence-electron chi connectivity index (χ2n) is 6.96. The number of nitrogens with one attached hydrogen (secondary N) is 2. The molecule has 1 heterocycles. The van der Waals surface area contributed by atoms with Gasteiger partial charge >= 0.3 is 0 Å². The van der Waals surface area contributed by atoms with Crippen LogP contribution in [0.2, 0.25) is 0 Å². The Kier molecular flexibility index (Phi) is 5.94. The van der Waals surface area contributed by atoms with Crippen LogP contribution in [0.4, 0.5) is 17.1 Å². The van der Waals surface area contributed by atoms with Gasteiger partial charge in [0, 0.05) is 17.6 Å². The third-order valence-electron chi connectivity index (χ3n) is 4.54. The molecule has 144 valence electrons. The third-order valence-corrected chi connectivity index (χ3v) is 4.54. The van der Waals surface area contributed by atoms with Gasteiger partial charge in [-0.05, 0) is 54.3 Å². The number of carbonyl (C=O) groups is 1. The van der Waals surface area contributed by atoms with Crippen LogP contribution in [-0.4, -0.2) is 18.0 Å². The van der Waals surface area contributed by atoms with Crippen LogP contribution in [0.3, 0.4) is 0 Å². The van der Waals surface area contributed by atoms with Crippen LogP contribution >= 0.6 is 0 Å². The number of aromatic nitrogens is 1. The summed E-state index contributed by atoms with van der Waals surface area (Å²) < 4.78 is 5.17. The van der Waals surface area contributed by atoms with Gasteiger partial charge in [-0.2, -0.15) is 0 Å². The minimum Gasteiger partial charge on any atom is -0.497 e. The number of nitrogens with zero attached hydrogens (tertiary/aromatic N) is 1. The molecule has 0 saturated carbocycles. The molecule has 0 saturated heterocycles. The minimum absolute atomic E-state index is 0.179. The summed E-state index contributed by atoms with van der Waals surface area (Å²) in [6.07, 6.45) is 3.26. The van der Waals surface area contributed by atoms with E-state index >= 15 is 0 Å². The van der Waals surface area contributed by atoms with Crippen LogP contribution in [0.25, 0.3) is 0 Å². The summed E-state index contributed by atoms with van der Waals surface area (Å²) in [5, 5.41) is 6.32. The number of para-hydroxylation sites is 1. The Morgan fingerprint density at radius 3 is 2.46 bits per heavy atom. The fourth-order valence-electron chi connectivity index (χ4n) is 3.00. The first kappa shape index (κ1) is 19.4. The number of hydrogen-bond donors (Lipinski definition) is 2. The van der Waals surface area contributed by atoms with Crippen LogP contribution in [0.1, 0.15) is 41.3 Å². The van der Waals surface area contributed by atoms with Gasteiger partial charge in [0.1, 0.15) is 5.75 Å². The second kappa shape index (κ2) is 8.57. The van der Waals surface area contributed by atoms with Crippen molar-refractivity contribution in [1.82, 2.24) is 4.98 Å². The van der Waals surface area contributed by atoms with Crippen molar-refractivity contribution < 1.29 is 9.53 Å². The monoisotopic (exact) mass is 375 g/mol. The molecule has 0 fully saturated rings. The molecule has 0 bridgehead atoms. The maximum atomic E-state index is 12.8. The lowest BCUT2D eigenvalue weighted by Gasteiger charge is -2.16. The van der Waals surface area contributed by atoms with Crippen molar-refractivity contribution in [2.24, 2.45) is 0 Å². The van der Waals surface area contributed by atoms with E-state index in [1.165, 1.54) is 0 Å².